The van der Waals surface area contributed by atoms with Crippen molar-refractivity contribution >= 4 is 23.6 Å². The number of hydrogen-bond donors (Lipinski definition) is 2. The fraction of sp³-hybridized carbons (Fsp3) is 0.467. The first-order valence-corrected chi connectivity index (χ1v) is 7.99. The fourth-order valence-corrected chi connectivity index (χ4v) is 3.44. The summed E-state index contributed by atoms with van der Waals surface area (Å²) in [5.41, 5.74) is 0.0354. The molecular weight excluding hydrogens is 290 g/mol. The number of carboxylic acid groups (broad SMARTS) is 1. The Labute approximate surface area is 128 Å². The molecule has 1 amide bonds. The van der Waals surface area contributed by atoms with Crippen LogP contribution in [0, 0.1) is 6.92 Å². The molecular formula is C15H19NO4S. The lowest BCUT2D eigenvalue weighted by molar-refractivity contribution is -0.146. The molecule has 1 aromatic carbocycles. The normalized spacial score (nSPS) is 21.0. The number of carboxylic acids is 1. The van der Waals surface area contributed by atoms with E-state index in [1.165, 1.54) is 0 Å². The fourth-order valence-electron chi connectivity index (χ4n) is 2.11. The van der Waals surface area contributed by atoms with Crippen LogP contribution in [0.25, 0.3) is 0 Å². The van der Waals surface area contributed by atoms with E-state index in [0.717, 1.165) is 11.3 Å². The lowest BCUT2D eigenvalue weighted by Gasteiger charge is -2.24. The van der Waals surface area contributed by atoms with Crippen molar-refractivity contribution < 1.29 is 19.4 Å². The van der Waals surface area contributed by atoms with Crippen molar-refractivity contribution in [2.75, 3.05) is 18.1 Å². The minimum atomic E-state index is -1.11. The predicted molar refractivity (Wildman–Crippen MR) is 81.7 cm³/mol. The van der Waals surface area contributed by atoms with Crippen LogP contribution in [0.3, 0.4) is 0 Å². The Morgan fingerprint density at radius 1 is 1.38 bits per heavy atom. The Morgan fingerprint density at radius 3 is 2.67 bits per heavy atom. The zero-order valence-corrected chi connectivity index (χ0v) is 12.7. The highest BCUT2D eigenvalue weighted by atomic mass is 32.2. The van der Waals surface area contributed by atoms with Crippen molar-refractivity contribution in [3.8, 4) is 5.75 Å². The number of nitrogens with one attached hydrogen (secondary N) is 1. The molecule has 2 rings (SSSR count). The number of carbonyl (C=O) groups is 2. The first-order chi connectivity index (χ1) is 10.0. The molecule has 1 fully saturated rings. The van der Waals surface area contributed by atoms with Gasteiger partial charge in [-0.3, -0.25) is 4.79 Å². The van der Waals surface area contributed by atoms with Crippen LogP contribution < -0.4 is 10.1 Å². The lowest BCUT2D eigenvalue weighted by atomic mass is 9.99. The maximum atomic E-state index is 11.9. The Kier molecular flexibility index (Phi) is 5.12. The van der Waals surface area contributed by atoms with E-state index in [4.69, 9.17) is 4.74 Å². The molecule has 1 saturated heterocycles. The van der Waals surface area contributed by atoms with Gasteiger partial charge in [0.25, 0.3) is 0 Å². The largest absolute Gasteiger partial charge is 0.493 e. The van der Waals surface area contributed by atoms with E-state index in [2.05, 4.69) is 5.32 Å². The van der Waals surface area contributed by atoms with Gasteiger partial charge in [0.05, 0.1) is 13.0 Å². The number of benzene rings is 1. The minimum absolute atomic E-state index is 0.146. The van der Waals surface area contributed by atoms with Crippen LogP contribution in [0.2, 0.25) is 0 Å². The number of aliphatic carboxylic acids is 1. The molecule has 2 N–H and O–H groups in total. The van der Waals surface area contributed by atoms with Crippen molar-refractivity contribution in [2.24, 2.45) is 0 Å². The van der Waals surface area contributed by atoms with E-state index < -0.39 is 11.5 Å². The summed E-state index contributed by atoms with van der Waals surface area (Å²) in [6.07, 6.45) is 0.616. The van der Waals surface area contributed by atoms with Crippen LogP contribution >= 0.6 is 11.8 Å². The lowest BCUT2D eigenvalue weighted by Crippen LogP contribution is -2.54. The molecule has 1 unspecified atom stereocenters. The van der Waals surface area contributed by atoms with E-state index in [9.17, 15) is 14.7 Å². The molecule has 21 heavy (non-hydrogen) atoms. The summed E-state index contributed by atoms with van der Waals surface area (Å²) in [5, 5.41) is 11.9. The second-order valence-corrected chi connectivity index (χ2v) is 6.25. The molecule has 0 spiro atoms. The van der Waals surface area contributed by atoms with E-state index in [-0.39, 0.29) is 18.9 Å². The van der Waals surface area contributed by atoms with E-state index in [1.54, 1.807) is 11.8 Å². The van der Waals surface area contributed by atoms with Crippen molar-refractivity contribution in [2.45, 2.75) is 25.3 Å². The summed E-state index contributed by atoms with van der Waals surface area (Å²) < 4.78 is 5.48. The number of ether oxygens (including phenoxy) is 1. The van der Waals surface area contributed by atoms with Crippen molar-refractivity contribution in [3.63, 3.8) is 0 Å². The summed E-state index contributed by atoms with van der Waals surface area (Å²) in [4.78, 5) is 23.2. The standard InChI is InChI=1S/C15H19NO4S/c1-11-2-4-12(5-3-11)20-8-6-13(17)16-15(14(18)19)7-9-21-10-15/h2-5H,6-10H2,1H3,(H,16,17)(H,18,19). The number of aryl methyl sites for hydroxylation is 1. The molecule has 0 saturated carbocycles. The van der Waals surface area contributed by atoms with Gasteiger partial charge < -0.3 is 15.2 Å². The summed E-state index contributed by atoms with van der Waals surface area (Å²) >= 11 is 1.55. The molecule has 0 radical (unpaired) electrons. The van der Waals surface area contributed by atoms with Crippen LogP contribution in [0.15, 0.2) is 24.3 Å². The molecule has 6 heteroatoms. The molecule has 1 aliphatic rings. The number of hydrogen-bond acceptors (Lipinski definition) is 4. The maximum Gasteiger partial charge on any atom is 0.330 e. The Balaban J connectivity index is 1.79. The Morgan fingerprint density at radius 2 is 2.10 bits per heavy atom. The third kappa shape index (κ3) is 4.14. The van der Waals surface area contributed by atoms with Crippen LogP contribution in [0.1, 0.15) is 18.4 Å². The van der Waals surface area contributed by atoms with Crippen LogP contribution in [0.4, 0.5) is 0 Å². The Bertz CT molecular complexity index is 509. The summed E-state index contributed by atoms with van der Waals surface area (Å²) in [6, 6.07) is 7.56. The van der Waals surface area contributed by atoms with Crippen LogP contribution in [-0.2, 0) is 9.59 Å². The molecule has 0 aromatic heterocycles. The average molecular weight is 309 g/mol. The van der Waals surface area contributed by atoms with Gasteiger partial charge in [-0.2, -0.15) is 11.8 Å². The summed E-state index contributed by atoms with van der Waals surface area (Å²) in [7, 11) is 0. The number of rotatable bonds is 6. The van der Waals surface area contributed by atoms with Gasteiger partial charge in [-0.1, -0.05) is 17.7 Å². The first-order valence-electron chi connectivity index (χ1n) is 6.83. The smallest absolute Gasteiger partial charge is 0.330 e. The Hall–Kier alpha value is -1.69. The number of carbonyl (C=O) groups excluding carboxylic acids is 1. The van der Waals surface area contributed by atoms with Gasteiger partial charge in [-0.25, -0.2) is 4.79 Å². The van der Waals surface area contributed by atoms with Crippen LogP contribution in [0.5, 0.6) is 5.75 Å². The molecule has 1 atom stereocenters. The van der Waals surface area contributed by atoms with Gasteiger partial charge in [0.15, 0.2) is 0 Å². The van der Waals surface area contributed by atoms with Crippen molar-refractivity contribution in [3.05, 3.63) is 29.8 Å². The van der Waals surface area contributed by atoms with Gasteiger partial charge in [0, 0.05) is 5.75 Å². The highest BCUT2D eigenvalue weighted by molar-refractivity contribution is 7.99. The molecule has 1 heterocycles. The van der Waals surface area contributed by atoms with Crippen molar-refractivity contribution in [1.29, 1.82) is 0 Å². The second-order valence-electron chi connectivity index (χ2n) is 5.15. The topological polar surface area (TPSA) is 75.6 Å². The zero-order chi connectivity index (χ0) is 15.3. The quantitative estimate of drug-likeness (QED) is 0.838. The van der Waals surface area contributed by atoms with E-state index in [0.29, 0.717) is 17.9 Å². The summed E-state index contributed by atoms with van der Waals surface area (Å²) in [5.74, 6) is 0.643. The van der Waals surface area contributed by atoms with Gasteiger partial charge in [-0.15, -0.1) is 0 Å². The summed E-state index contributed by atoms with van der Waals surface area (Å²) in [6.45, 7) is 2.22. The first kappa shape index (κ1) is 15.7. The zero-order valence-electron chi connectivity index (χ0n) is 11.9. The van der Waals surface area contributed by atoms with E-state index in [1.807, 2.05) is 31.2 Å². The highest BCUT2D eigenvalue weighted by Crippen LogP contribution is 2.28. The van der Waals surface area contributed by atoms with Gasteiger partial charge >= 0.3 is 5.97 Å². The molecule has 114 valence electrons. The predicted octanol–water partition coefficient (Wildman–Crippen LogP) is 1.84. The van der Waals surface area contributed by atoms with Gasteiger partial charge in [0.1, 0.15) is 11.3 Å². The molecule has 5 nitrogen and oxygen atoms in total. The van der Waals surface area contributed by atoms with Crippen LogP contribution in [-0.4, -0.2) is 40.6 Å². The third-order valence-electron chi connectivity index (χ3n) is 3.43. The second kappa shape index (κ2) is 6.85. The average Bonchev–Trinajstić information content (AvgIpc) is 2.91. The number of amides is 1. The molecule has 1 aliphatic heterocycles. The highest BCUT2D eigenvalue weighted by Gasteiger charge is 2.43. The maximum absolute atomic E-state index is 11.9. The monoisotopic (exact) mass is 309 g/mol. The molecule has 0 bridgehead atoms. The number of thioether (sulfide) groups is 1. The minimum Gasteiger partial charge on any atom is -0.493 e. The third-order valence-corrected chi connectivity index (χ3v) is 4.62. The van der Waals surface area contributed by atoms with E-state index >= 15 is 0 Å². The molecule has 1 aromatic rings. The van der Waals surface area contributed by atoms with Gasteiger partial charge in [-0.05, 0) is 31.2 Å². The SMILES string of the molecule is Cc1ccc(OCCC(=O)NC2(C(=O)O)CCSC2)cc1. The van der Waals surface area contributed by atoms with Gasteiger partial charge in [0.2, 0.25) is 5.91 Å². The molecule has 0 aliphatic carbocycles. The van der Waals surface area contributed by atoms with Crippen molar-refractivity contribution in [1.82, 2.24) is 5.32 Å².